The van der Waals surface area contributed by atoms with Gasteiger partial charge in [0.05, 0.1) is 7.11 Å². The fourth-order valence-electron chi connectivity index (χ4n) is 2.72. The van der Waals surface area contributed by atoms with Crippen molar-refractivity contribution in [2.24, 2.45) is 0 Å². The van der Waals surface area contributed by atoms with Gasteiger partial charge in [0.1, 0.15) is 6.10 Å². The van der Waals surface area contributed by atoms with Crippen molar-refractivity contribution in [3.8, 4) is 22.6 Å². The van der Waals surface area contributed by atoms with Gasteiger partial charge in [-0.15, -0.1) is 0 Å². The first-order valence-corrected chi connectivity index (χ1v) is 7.31. The van der Waals surface area contributed by atoms with Crippen molar-refractivity contribution in [2.45, 2.75) is 20.0 Å². The molecule has 0 amide bonds. The summed E-state index contributed by atoms with van der Waals surface area (Å²) in [5, 5.41) is 3.22. The van der Waals surface area contributed by atoms with Crippen molar-refractivity contribution < 1.29 is 9.47 Å². The Morgan fingerprint density at radius 2 is 1.71 bits per heavy atom. The molecule has 3 heteroatoms. The number of methoxy groups -OCH3 is 1. The third-order valence-corrected chi connectivity index (χ3v) is 3.97. The van der Waals surface area contributed by atoms with Crippen LogP contribution >= 0.6 is 0 Å². The first kappa shape index (κ1) is 14.0. The summed E-state index contributed by atoms with van der Waals surface area (Å²) in [6, 6.07) is 12.6. The minimum atomic E-state index is 0.243. The Bertz CT molecular complexity index is 627. The molecule has 1 fully saturated rings. The van der Waals surface area contributed by atoms with Crippen LogP contribution in [0.15, 0.2) is 36.4 Å². The number of hydrogen-bond donors (Lipinski definition) is 1. The highest BCUT2D eigenvalue weighted by atomic mass is 16.5. The highest BCUT2D eigenvalue weighted by Crippen LogP contribution is 2.35. The normalized spacial score (nSPS) is 14.6. The molecule has 3 rings (SSSR count). The van der Waals surface area contributed by atoms with E-state index in [9.17, 15) is 0 Å². The summed E-state index contributed by atoms with van der Waals surface area (Å²) >= 11 is 0. The number of hydrogen-bond acceptors (Lipinski definition) is 3. The monoisotopic (exact) mass is 283 g/mol. The van der Waals surface area contributed by atoms with Crippen LogP contribution in [0.2, 0.25) is 0 Å². The predicted molar refractivity (Wildman–Crippen MR) is 85.2 cm³/mol. The predicted octanol–water partition coefficient (Wildman–Crippen LogP) is 3.33. The first-order chi connectivity index (χ1) is 10.2. The topological polar surface area (TPSA) is 30.5 Å². The molecule has 1 aliphatic rings. The van der Waals surface area contributed by atoms with Gasteiger partial charge in [0, 0.05) is 13.1 Å². The summed E-state index contributed by atoms with van der Waals surface area (Å²) in [6.07, 6.45) is 0.243. The summed E-state index contributed by atoms with van der Waals surface area (Å²) in [6.45, 7) is 6.08. The van der Waals surface area contributed by atoms with Crippen LogP contribution in [-0.4, -0.2) is 26.3 Å². The first-order valence-electron chi connectivity index (χ1n) is 7.31. The SMILES string of the molecule is COc1ccc(-c2c(C)cccc2C)cc1OC1CNC1. The van der Waals surface area contributed by atoms with Crippen LogP contribution in [0.3, 0.4) is 0 Å². The van der Waals surface area contributed by atoms with Crippen molar-refractivity contribution in [2.75, 3.05) is 20.2 Å². The van der Waals surface area contributed by atoms with E-state index in [2.05, 4.69) is 49.5 Å². The molecule has 1 heterocycles. The van der Waals surface area contributed by atoms with E-state index in [-0.39, 0.29) is 6.10 Å². The van der Waals surface area contributed by atoms with Gasteiger partial charge < -0.3 is 14.8 Å². The molecule has 3 nitrogen and oxygen atoms in total. The average Bonchev–Trinajstić information content (AvgIpc) is 2.43. The lowest BCUT2D eigenvalue weighted by atomic mass is 9.95. The minimum absolute atomic E-state index is 0.243. The summed E-state index contributed by atoms with van der Waals surface area (Å²) in [5.41, 5.74) is 5.00. The highest BCUT2D eigenvalue weighted by Gasteiger charge is 2.20. The summed E-state index contributed by atoms with van der Waals surface area (Å²) < 4.78 is 11.4. The third-order valence-electron chi connectivity index (χ3n) is 3.97. The molecule has 0 aromatic heterocycles. The lowest BCUT2D eigenvalue weighted by molar-refractivity contribution is 0.137. The number of ether oxygens (including phenoxy) is 2. The molecule has 0 saturated carbocycles. The molecule has 2 aromatic carbocycles. The Morgan fingerprint density at radius 1 is 1.00 bits per heavy atom. The van der Waals surface area contributed by atoms with Crippen LogP contribution in [-0.2, 0) is 0 Å². The molecular weight excluding hydrogens is 262 g/mol. The number of rotatable bonds is 4. The molecule has 2 aromatic rings. The molecule has 110 valence electrons. The Kier molecular flexibility index (Phi) is 3.84. The van der Waals surface area contributed by atoms with Gasteiger partial charge in [-0.05, 0) is 48.2 Å². The van der Waals surface area contributed by atoms with Gasteiger partial charge in [-0.3, -0.25) is 0 Å². The van der Waals surface area contributed by atoms with E-state index in [4.69, 9.17) is 9.47 Å². The van der Waals surface area contributed by atoms with Crippen LogP contribution in [0.25, 0.3) is 11.1 Å². The molecular formula is C18H21NO2. The summed E-state index contributed by atoms with van der Waals surface area (Å²) in [7, 11) is 1.68. The maximum atomic E-state index is 6.03. The molecule has 0 atom stereocenters. The van der Waals surface area contributed by atoms with E-state index in [1.807, 2.05) is 6.07 Å². The van der Waals surface area contributed by atoms with Gasteiger partial charge >= 0.3 is 0 Å². The Hall–Kier alpha value is -2.00. The molecule has 1 N–H and O–H groups in total. The third kappa shape index (κ3) is 2.74. The Balaban J connectivity index is 2.01. The van der Waals surface area contributed by atoms with Crippen LogP contribution in [0, 0.1) is 13.8 Å². The lowest BCUT2D eigenvalue weighted by Gasteiger charge is -2.28. The van der Waals surface area contributed by atoms with Crippen molar-refractivity contribution >= 4 is 0 Å². The standard InChI is InChI=1S/C18H21NO2/c1-12-5-4-6-13(2)18(12)14-7-8-16(20-3)17(9-14)21-15-10-19-11-15/h4-9,15,19H,10-11H2,1-3H3. The molecule has 0 radical (unpaired) electrons. The summed E-state index contributed by atoms with van der Waals surface area (Å²) in [4.78, 5) is 0. The van der Waals surface area contributed by atoms with Crippen LogP contribution in [0.1, 0.15) is 11.1 Å². The second-order valence-electron chi connectivity index (χ2n) is 5.53. The maximum Gasteiger partial charge on any atom is 0.162 e. The second-order valence-corrected chi connectivity index (χ2v) is 5.53. The molecule has 0 unspecified atom stereocenters. The fourth-order valence-corrected chi connectivity index (χ4v) is 2.72. The minimum Gasteiger partial charge on any atom is -0.493 e. The van der Waals surface area contributed by atoms with Gasteiger partial charge in [0.2, 0.25) is 0 Å². The maximum absolute atomic E-state index is 6.03. The highest BCUT2D eigenvalue weighted by molar-refractivity contribution is 5.73. The zero-order valence-corrected chi connectivity index (χ0v) is 12.8. The van der Waals surface area contributed by atoms with Gasteiger partial charge in [0.25, 0.3) is 0 Å². The van der Waals surface area contributed by atoms with E-state index in [0.29, 0.717) is 0 Å². The van der Waals surface area contributed by atoms with Gasteiger partial charge in [-0.25, -0.2) is 0 Å². The summed E-state index contributed by atoms with van der Waals surface area (Å²) in [5.74, 6) is 1.61. The molecule has 1 aliphatic heterocycles. The number of aryl methyl sites for hydroxylation is 2. The fraction of sp³-hybridized carbons (Fsp3) is 0.333. The molecule has 0 spiro atoms. The average molecular weight is 283 g/mol. The van der Waals surface area contributed by atoms with Crippen LogP contribution in [0.4, 0.5) is 0 Å². The Morgan fingerprint density at radius 3 is 2.29 bits per heavy atom. The number of nitrogens with one attached hydrogen (secondary N) is 1. The number of benzene rings is 2. The quantitative estimate of drug-likeness (QED) is 0.933. The molecule has 1 saturated heterocycles. The van der Waals surface area contributed by atoms with E-state index in [1.54, 1.807) is 7.11 Å². The molecule has 0 bridgehead atoms. The Labute approximate surface area is 125 Å². The second kappa shape index (κ2) is 5.78. The lowest BCUT2D eigenvalue weighted by Crippen LogP contribution is -2.50. The van der Waals surface area contributed by atoms with E-state index in [1.165, 1.54) is 22.3 Å². The van der Waals surface area contributed by atoms with Gasteiger partial charge in [-0.2, -0.15) is 0 Å². The van der Waals surface area contributed by atoms with Crippen LogP contribution in [0.5, 0.6) is 11.5 Å². The van der Waals surface area contributed by atoms with Gasteiger partial charge in [0.15, 0.2) is 11.5 Å². The van der Waals surface area contributed by atoms with E-state index < -0.39 is 0 Å². The van der Waals surface area contributed by atoms with E-state index >= 15 is 0 Å². The van der Waals surface area contributed by atoms with Gasteiger partial charge in [-0.1, -0.05) is 24.3 Å². The molecule has 21 heavy (non-hydrogen) atoms. The van der Waals surface area contributed by atoms with Crippen LogP contribution < -0.4 is 14.8 Å². The largest absolute Gasteiger partial charge is 0.493 e. The van der Waals surface area contributed by atoms with Crippen molar-refractivity contribution in [3.05, 3.63) is 47.5 Å². The van der Waals surface area contributed by atoms with Crippen molar-refractivity contribution in [1.82, 2.24) is 5.32 Å². The zero-order chi connectivity index (χ0) is 14.8. The molecule has 0 aliphatic carbocycles. The zero-order valence-electron chi connectivity index (χ0n) is 12.8. The van der Waals surface area contributed by atoms with Crippen molar-refractivity contribution in [3.63, 3.8) is 0 Å². The van der Waals surface area contributed by atoms with Crippen molar-refractivity contribution in [1.29, 1.82) is 0 Å². The smallest absolute Gasteiger partial charge is 0.162 e. The van der Waals surface area contributed by atoms with E-state index in [0.717, 1.165) is 24.6 Å².